The van der Waals surface area contributed by atoms with Crippen molar-refractivity contribution in [2.75, 3.05) is 4.90 Å². The number of nitrogens with zero attached hydrogens (tertiary/aromatic N) is 2. The predicted molar refractivity (Wildman–Crippen MR) is 122 cm³/mol. The molecule has 1 heterocycles. The number of carbonyl (C=O) groups excluding carboxylic acids is 1. The fourth-order valence-electron chi connectivity index (χ4n) is 3.13. The molecule has 3 aromatic carbocycles. The molecule has 152 valence electrons. The Kier molecular flexibility index (Phi) is 6.21. The normalized spacial score (nSPS) is 14.3. The third kappa shape index (κ3) is 4.28. The lowest BCUT2D eigenvalue weighted by atomic mass is 10.1. The van der Waals surface area contributed by atoms with Crippen LogP contribution in [0.5, 0.6) is 0 Å². The molecule has 4 nitrogen and oxygen atoms in total. The molecule has 0 spiro atoms. The van der Waals surface area contributed by atoms with Gasteiger partial charge in [-0.3, -0.25) is 4.79 Å². The van der Waals surface area contributed by atoms with E-state index in [2.05, 4.69) is 5.16 Å². The highest BCUT2D eigenvalue weighted by Gasteiger charge is 2.34. The largest absolute Gasteiger partial charge is 0.390 e. The van der Waals surface area contributed by atoms with Gasteiger partial charge in [-0.15, -0.1) is 0 Å². The average Bonchev–Trinajstić information content (AvgIpc) is 2.98. The summed E-state index contributed by atoms with van der Waals surface area (Å²) in [5, 5.41) is 6.02. The minimum Gasteiger partial charge on any atom is -0.390 e. The number of amides is 1. The average molecular weight is 480 g/mol. The molecule has 4 rings (SSSR count). The van der Waals surface area contributed by atoms with Gasteiger partial charge in [0.2, 0.25) is 0 Å². The van der Waals surface area contributed by atoms with E-state index in [4.69, 9.17) is 51.2 Å². The van der Waals surface area contributed by atoms with E-state index in [-0.39, 0.29) is 18.2 Å². The van der Waals surface area contributed by atoms with Crippen LogP contribution in [0.3, 0.4) is 0 Å². The van der Waals surface area contributed by atoms with E-state index < -0.39 is 0 Å². The number of hydrogen-bond acceptors (Lipinski definition) is 3. The zero-order chi connectivity index (χ0) is 21.3. The highest BCUT2D eigenvalue weighted by molar-refractivity contribution is 6.54. The highest BCUT2D eigenvalue weighted by atomic mass is 35.5. The van der Waals surface area contributed by atoms with Gasteiger partial charge < -0.3 is 9.74 Å². The van der Waals surface area contributed by atoms with Crippen molar-refractivity contribution < 1.29 is 9.63 Å². The van der Waals surface area contributed by atoms with Gasteiger partial charge in [0.05, 0.1) is 22.3 Å². The zero-order valence-corrected chi connectivity index (χ0v) is 18.4. The van der Waals surface area contributed by atoms with Gasteiger partial charge in [0.25, 0.3) is 5.91 Å². The quantitative estimate of drug-likeness (QED) is 0.379. The van der Waals surface area contributed by atoms with Gasteiger partial charge in [-0.2, -0.15) is 0 Å². The van der Waals surface area contributed by atoms with E-state index in [0.29, 0.717) is 32.2 Å². The molecule has 0 atom stereocenters. The van der Waals surface area contributed by atoms with Gasteiger partial charge in [-0.25, -0.2) is 0 Å². The monoisotopic (exact) mass is 478 g/mol. The number of carbonyl (C=O) groups is 1. The van der Waals surface area contributed by atoms with Gasteiger partial charge in [-0.1, -0.05) is 81.9 Å². The second-order valence-corrected chi connectivity index (χ2v) is 8.26. The van der Waals surface area contributed by atoms with E-state index in [0.717, 1.165) is 16.8 Å². The number of hydrogen-bond donors (Lipinski definition) is 0. The number of oxime groups is 1. The van der Waals surface area contributed by atoms with Gasteiger partial charge in [0.1, 0.15) is 6.61 Å². The Morgan fingerprint density at radius 1 is 0.867 bits per heavy atom. The third-order valence-corrected chi connectivity index (χ3v) is 5.94. The number of benzene rings is 3. The van der Waals surface area contributed by atoms with Gasteiger partial charge in [0, 0.05) is 21.2 Å². The fraction of sp³-hybridized carbons (Fsp3) is 0.0909. The first-order valence-corrected chi connectivity index (χ1v) is 10.4. The maximum Gasteiger partial charge on any atom is 0.281 e. The van der Waals surface area contributed by atoms with Crippen LogP contribution in [0.1, 0.15) is 16.7 Å². The van der Waals surface area contributed by atoms with E-state index in [1.54, 1.807) is 35.2 Å². The molecule has 30 heavy (non-hydrogen) atoms. The first kappa shape index (κ1) is 21.0. The summed E-state index contributed by atoms with van der Waals surface area (Å²) in [4.78, 5) is 20.2. The number of rotatable bonds is 5. The van der Waals surface area contributed by atoms with Crippen LogP contribution in [0.15, 0.2) is 65.8 Å². The second kappa shape index (κ2) is 8.86. The van der Waals surface area contributed by atoms with Crippen LogP contribution < -0.4 is 4.90 Å². The predicted octanol–water partition coefficient (Wildman–Crippen LogP) is 6.77. The number of halogens is 4. The SMILES string of the molecule is O=C1/C(=N\OCc2ccc(Cl)cc2Cl)c2ccccc2N1Cc1ccc(Cl)c(Cl)c1. The Labute approximate surface area is 193 Å². The molecule has 3 aromatic rings. The topological polar surface area (TPSA) is 41.9 Å². The number of fused-ring (bicyclic) bond motifs is 1. The summed E-state index contributed by atoms with van der Waals surface area (Å²) in [5.74, 6) is -0.260. The molecule has 1 aliphatic heterocycles. The molecule has 0 N–H and O–H groups in total. The smallest absolute Gasteiger partial charge is 0.281 e. The van der Waals surface area contributed by atoms with Crippen LogP contribution in [0, 0.1) is 0 Å². The van der Waals surface area contributed by atoms with Gasteiger partial charge >= 0.3 is 0 Å². The van der Waals surface area contributed by atoms with Crippen molar-refractivity contribution in [1.82, 2.24) is 0 Å². The van der Waals surface area contributed by atoms with E-state index in [1.807, 2.05) is 30.3 Å². The molecular weight excluding hydrogens is 466 g/mol. The summed E-state index contributed by atoms with van der Waals surface area (Å²) >= 11 is 24.2. The molecule has 8 heteroatoms. The molecule has 0 saturated heterocycles. The molecule has 1 amide bonds. The molecule has 0 bridgehead atoms. The first-order chi connectivity index (χ1) is 14.4. The maximum atomic E-state index is 13.1. The van der Waals surface area contributed by atoms with Crippen LogP contribution in [-0.4, -0.2) is 11.6 Å². The fourth-order valence-corrected chi connectivity index (χ4v) is 3.92. The maximum absolute atomic E-state index is 13.1. The molecular formula is C22H14Cl4N2O2. The summed E-state index contributed by atoms with van der Waals surface area (Å²) in [6, 6.07) is 17.8. The molecule has 0 saturated carbocycles. The van der Waals surface area contributed by atoms with Gasteiger partial charge in [0.15, 0.2) is 5.71 Å². The van der Waals surface area contributed by atoms with E-state index in [1.165, 1.54) is 0 Å². The minimum atomic E-state index is -0.260. The van der Waals surface area contributed by atoms with Crippen molar-refractivity contribution in [3.63, 3.8) is 0 Å². The Morgan fingerprint density at radius 2 is 1.67 bits per heavy atom. The summed E-state index contributed by atoms with van der Waals surface area (Å²) in [7, 11) is 0. The van der Waals surface area contributed by atoms with E-state index in [9.17, 15) is 4.79 Å². The summed E-state index contributed by atoms with van der Waals surface area (Å²) in [6.45, 7) is 0.441. The van der Waals surface area contributed by atoms with Crippen molar-refractivity contribution >= 4 is 63.7 Å². The lowest BCUT2D eigenvalue weighted by Gasteiger charge is -2.17. The molecule has 0 unspecified atom stereocenters. The van der Waals surface area contributed by atoms with Crippen LogP contribution >= 0.6 is 46.4 Å². The third-order valence-electron chi connectivity index (χ3n) is 4.61. The summed E-state index contributed by atoms with van der Waals surface area (Å²) in [6.07, 6.45) is 0. The lowest BCUT2D eigenvalue weighted by molar-refractivity contribution is -0.112. The standard InChI is InChI=1S/C22H14Cl4N2O2/c23-15-7-6-14(18(25)10-15)12-30-27-21-16-3-1-2-4-20(16)28(22(21)29)11-13-5-8-17(24)19(26)9-13/h1-10H,11-12H2/b27-21-. The van der Waals surface area contributed by atoms with E-state index >= 15 is 0 Å². The zero-order valence-electron chi connectivity index (χ0n) is 15.4. The van der Waals surface area contributed by atoms with Crippen molar-refractivity contribution in [3.05, 3.63) is 97.4 Å². The molecule has 0 fully saturated rings. The van der Waals surface area contributed by atoms with Crippen molar-refractivity contribution in [1.29, 1.82) is 0 Å². The minimum absolute atomic E-state index is 0.113. The van der Waals surface area contributed by atoms with Crippen LogP contribution in [-0.2, 0) is 22.8 Å². The Morgan fingerprint density at radius 3 is 2.43 bits per heavy atom. The molecule has 0 radical (unpaired) electrons. The summed E-state index contributed by atoms with van der Waals surface area (Å²) < 4.78 is 0. The number of anilines is 1. The Hall–Kier alpha value is -2.24. The van der Waals surface area contributed by atoms with Crippen LogP contribution in [0.25, 0.3) is 0 Å². The molecule has 0 aromatic heterocycles. The number of para-hydroxylation sites is 1. The van der Waals surface area contributed by atoms with Gasteiger partial charge in [-0.05, 0) is 35.9 Å². The van der Waals surface area contributed by atoms with Crippen molar-refractivity contribution in [2.24, 2.45) is 5.16 Å². The van der Waals surface area contributed by atoms with Crippen LogP contribution in [0.2, 0.25) is 20.1 Å². The van der Waals surface area contributed by atoms with Crippen LogP contribution in [0.4, 0.5) is 5.69 Å². The second-order valence-electron chi connectivity index (χ2n) is 6.61. The Bertz CT molecular complexity index is 1160. The molecule has 1 aliphatic rings. The lowest BCUT2D eigenvalue weighted by Crippen LogP contribution is -2.29. The summed E-state index contributed by atoms with van der Waals surface area (Å²) in [5.41, 5.74) is 3.25. The van der Waals surface area contributed by atoms with Crippen molar-refractivity contribution in [3.8, 4) is 0 Å². The Balaban J connectivity index is 1.57. The highest BCUT2D eigenvalue weighted by Crippen LogP contribution is 2.32. The molecule has 0 aliphatic carbocycles. The van der Waals surface area contributed by atoms with Crippen molar-refractivity contribution in [2.45, 2.75) is 13.2 Å². The first-order valence-electron chi connectivity index (χ1n) is 8.93.